The molecular formula is C24H25N7O2. The summed E-state index contributed by atoms with van der Waals surface area (Å²) < 4.78 is 9.67. The lowest BCUT2D eigenvalue weighted by Crippen LogP contribution is -2.36. The quantitative estimate of drug-likeness (QED) is 0.466. The van der Waals surface area contributed by atoms with Crippen molar-refractivity contribution in [1.29, 1.82) is 0 Å². The first-order chi connectivity index (χ1) is 16.0. The fourth-order valence-electron chi connectivity index (χ4n) is 3.97. The first-order valence-electron chi connectivity index (χ1n) is 11.0. The van der Waals surface area contributed by atoms with Gasteiger partial charge >= 0.3 is 0 Å². The Balaban J connectivity index is 1.42. The first-order valence-corrected chi connectivity index (χ1v) is 11.0. The Kier molecular flexibility index (Phi) is 5.37. The molecule has 1 aliphatic heterocycles. The van der Waals surface area contributed by atoms with Crippen LogP contribution in [0.3, 0.4) is 0 Å². The van der Waals surface area contributed by atoms with Gasteiger partial charge in [-0.3, -0.25) is 19.0 Å². The third-order valence-electron chi connectivity index (χ3n) is 5.77. The van der Waals surface area contributed by atoms with E-state index in [0.29, 0.717) is 40.9 Å². The summed E-state index contributed by atoms with van der Waals surface area (Å²) in [4.78, 5) is 28.6. The molecule has 0 radical (unpaired) electrons. The zero-order chi connectivity index (χ0) is 22.9. The number of aromatic nitrogens is 6. The maximum absolute atomic E-state index is 13.1. The van der Waals surface area contributed by atoms with Gasteiger partial charge in [0.05, 0.1) is 28.8 Å². The second-order valence-corrected chi connectivity index (χ2v) is 8.05. The van der Waals surface area contributed by atoms with E-state index in [4.69, 9.17) is 4.74 Å². The number of fused-ring (bicyclic) bond motifs is 1. The van der Waals surface area contributed by atoms with E-state index in [9.17, 15) is 4.79 Å². The number of anilines is 1. The summed E-state index contributed by atoms with van der Waals surface area (Å²) in [6, 6.07) is 7.31. The van der Waals surface area contributed by atoms with Crippen molar-refractivity contribution in [3.8, 4) is 34.0 Å². The van der Waals surface area contributed by atoms with Gasteiger partial charge in [0.2, 0.25) is 5.95 Å². The fraction of sp³-hybridized carbons (Fsp3) is 0.292. The molecule has 0 bridgehead atoms. The van der Waals surface area contributed by atoms with E-state index >= 15 is 0 Å². The molecule has 5 rings (SSSR count). The van der Waals surface area contributed by atoms with E-state index in [-0.39, 0.29) is 5.56 Å². The summed E-state index contributed by atoms with van der Waals surface area (Å²) in [6.45, 7) is 6.27. The molecule has 9 nitrogen and oxygen atoms in total. The van der Waals surface area contributed by atoms with Crippen molar-refractivity contribution in [2.24, 2.45) is 0 Å². The molecule has 0 amide bonds. The van der Waals surface area contributed by atoms with Crippen LogP contribution in [0.1, 0.15) is 19.0 Å². The maximum atomic E-state index is 13.1. The third kappa shape index (κ3) is 3.97. The van der Waals surface area contributed by atoms with Crippen LogP contribution >= 0.6 is 0 Å². The molecule has 0 saturated carbocycles. The van der Waals surface area contributed by atoms with Crippen molar-refractivity contribution in [3.05, 3.63) is 65.1 Å². The Morgan fingerprint density at radius 3 is 2.76 bits per heavy atom. The molecule has 4 aromatic heterocycles. The van der Waals surface area contributed by atoms with Crippen LogP contribution in [0.15, 0.2) is 53.8 Å². The maximum Gasteiger partial charge on any atom is 0.264 e. The van der Waals surface area contributed by atoms with Gasteiger partial charge in [-0.25, -0.2) is 9.97 Å². The molecule has 0 fully saturated rings. The molecule has 0 N–H and O–H groups in total. The predicted molar refractivity (Wildman–Crippen MR) is 126 cm³/mol. The van der Waals surface area contributed by atoms with Crippen LogP contribution in [0.2, 0.25) is 0 Å². The predicted octanol–water partition coefficient (Wildman–Crippen LogP) is 3.52. The normalized spacial score (nSPS) is 13.1. The molecule has 4 aromatic rings. The van der Waals surface area contributed by atoms with Gasteiger partial charge in [-0.2, -0.15) is 5.10 Å². The van der Waals surface area contributed by atoms with Gasteiger partial charge in [0.1, 0.15) is 11.5 Å². The molecule has 0 spiro atoms. The number of pyridine rings is 2. The fourth-order valence-corrected chi connectivity index (χ4v) is 3.97. The number of nitrogens with zero attached hydrogens (tertiary/aromatic N) is 7. The zero-order valence-corrected chi connectivity index (χ0v) is 18.9. The minimum atomic E-state index is -0.0708. The van der Waals surface area contributed by atoms with E-state index in [1.54, 1.807) is 35.3 Å². The highest BCUT2D eigenvalue weighted by atomic mass is 16.5. The van der Waals surface area contributed by atoms with E-state index in [1.165, 1.54) is 0 Å². The number of hydrogen-bond acceptors (Lipinski definition) is 7. The van der Waals surface area contributed by atoms with Gasteiger partial charge < -0.3 is 9.64 Å². The van der Waals surface area contributed by atoms with Gasteiger partial charge in [-0.05, 0) is 38.5 Å². The number of rotatable bonds is 5. The Labute approximate surface area is 191 Å². The summed E-state index contributed by atoms with van der Waals surface area (Å²) >= 11 is 0. The molecule has 168 valence electrons. The summed E-state index contributed by atoms with van der Waals surface area (Å²) in [5, 5.41) is 4.31. The molecule has 0 aliphatic carbocycles. The minimum Gasteiger partial charge on any atom is -0.455 e. The third-order valence-corrected chi connectivity index (χ3v) is 5.77. The van der Waals surface area contributed by atoms with Gasteiger partial charge in [0.25, 0.3) is 5.56 Å². The molecule has 33 heavy (non-hydrogen) atoms. The highest BCUT2D eigenvalue weighted by Gasteiger charge is 2.19. The summed E-state index contributed by atoms with van der Waals surface area (Å²) in [6.07, 6.45) is 7.99. The minimum absolute atomic E-state index is 0.0708. The second-order valence-electron chi connectivity index (χ2n) is 8.05. The Morgan fingerprint density at radius 1 is 1.09 bits per heavy atom. The molecule has 0 unspecified atom stereocenters. The van der Waals surface area contributed by atoms with Crippen LogP contribution in [0.4, 0.5) is 5.95 Å². The lowest BCUT2D eigenvalue weighted by molar-refractivity contribution is 0.475. The largest absolute Gasteiger partial charge is 0.455 e. The molecular weight excluding hydrogens is 418 g/mol. The van der Waals surface area contributed by atoms with Gasteiger partial charge in [0, 0.05) is 56.9 Å². The Hall–Kier alpha value is -4.01. The summed E-state index contributed by atoms with van der Waals surface area (Å²) in [5.74, 6) is 1.97. The lowest BCUT2D eigenvalue weighted by Gasteiger charge is -2.27. The lowest BCUT2D eigenvalue weighted by atomic mass is 10.2. The summed E-state index contributed by atoms with van der Waals surface area (Å²) in [5.41, 5.74) is 3.40. The van der Waals surface area contributed by atoms with Gasteiger partial charge in [0.15, 0.2) is 0 Å². The molecule has 1 aliphatic rings. The van der Waals surface area contributed by atoms with Crippen molar-refractivity contribution >= 4 is 5.95 Å². The van der Waals surface area contributed by atoms with E-state index < -0.39 is 0 Å². The topological polar surface area (TPSA) is 91.0 Å². The van der Waals surface area contributed by atoms with Crippen molar-refractivity contribution in [1.82, 2.24) is 29.3 Å². The first kappa shape index (κ1) is 20.9. The van der Waals surface area contributed by atoms with Crippen LogP contribution in [0.5, 0.6) is 11.5 Å². The Bertz CT molecular complexity index is 1380. The highest BCUT2D eigenvalue weighted by molar-refractivity contribution is 5.61. The van der Waals surface area contributed by atoms with Crippen molar-refractivity contribution in [2.45, 2.75) is 33.4 Å². The molecule has 0 atom stereocenters. The van der Waals surface area contributed by atoms with Gasteiger partial charge in [-0.15, -0.1) is 0 Å². The molecule has 0 aromatic carbocycles. The zero-order valence-electron chi connectivity index (χ0n) is 18.9. The van der Waals surface area contributed by atoms with Crippen LogP contribution in [-0.2, 0) is 13.1 Å². The van der Waals surface area contributed by atoms with Crippen molar-refractivity contribution in [3.63, 3.8) is 0 Å². The summed E-state index contributed by atoms with van der Waals surface area (Å²) in [7, 11) is 1.95. The van der Waals surface area contributed by atoms with Gasteiger partial charge in [-0.1, -0.05) is 0 Å². The number of ether oxygens (including phenoxy) is 1. The smallest absolute Gasteiger partial charge is 0.264 e. The average molecular weight is 444 g/mol. The molecule has 5 heterocycles. The van der Waals surface area contributed by atoms with Crippen LogP contribution in [0.25, 0.3) is 22.5 Å². The number of aryl methyl sites for hydroxylation is 2. The van der Waals surface area contributed by atoms with Crippen molar-refractivity contribution < 1.29 is 4.74 Å². The number of hydrogen-bond donors (Lipinski definition) is 0. The van der Waals surface area contributed by atoms with Crippen molar-refractivity contribution in [2.75, 3.05) is 18.5 Å². The monoisotopic (exact) mass is 443 g/mol. The SMILES string of the molecule is CCn1cc(-c2cc(Oc3ccc(-c4cnc5n(c4=O)CCCN5C)nc3C)ccn2)cn1. The standard InChI is InChI=1S/C24H25N7O2/c1-4-30-15-17(13-27-30)21-12-18(8-9-25-21)33-22-7-6-20(28-16(22)2)19-14-26-24-29(3)10-5-11-31(24)23(19)32/h6-9,12-15H,4-5,10-11H2,1-3H3. The van der Waals surface area contributed by atoms with Crippen LogP contribution in [-0.4, -0.2) is 42.9 Å². The molecule has 0 saturated heterocycles. The van der Waals surface area contributed by atoms with E-state index in [2.05, 4.69) is 20.1 Å². The van der Waals surface area contributed by atoms with Crippen LogP contribution < -0.4 is 15.2 Å². The average Bonchev–Trinajstić information content (AvgIpc) is 3.31. The van der Waals surface area contributed by atoms with Crippen LogP contribution in [0, 0.1) is 6.92 Å². The second kappa shape index (κ2) is 8.50. The highest BCUT2D eigenvalue weighted by Crippen LogP contribution is 2.29. The molecule has 9 heteroatoms. The van der Waals surface area contributed by atoms with E-state index in [1.807, 2.05) is 48.8 Å². The Morgan fingerprint density at radius 2 is 1.97 bits per heavy atom. The van der Waals surface area contributed by atoms with E-state index in [0.717, 1.165) is 30.8 Å².